The minimum atomic E-state index is -0.412. The number of nitrogens with zero attached hydrogens (tertiary/aromatic N) is 2. The van der Waals surface area contributed by atoms with E-state index < -0.39 is 4.92 Å². The van der Waals surface area contributed by atoms with Crippen LogP contribution in [0.1, 0.15) is 37.7 Å². The van der Waals surface area contributed by atoms with Gasteiger partial charge in [-0.1, -0.05) is 37.5 Å². The van der Waals surface area contributed by atoms with E-state index in [0.717, 1.165) is 32.1 Å². The number of benzene rings is 1. The molecule has 0 aliphatic heterocycles. The fourth-order valence-corrected chi connectivity index (χ4v) is 3.08. The van der Waals surface area contributed by atoms with E-state index >= 15 is 0 Å². The van der Waals surface area contributed by atoms with Gasteiger partial charge in [0.2, 0.25) is 5.91 Å². The molecule has 2 atom stereocenters. The smallest absolute Gasteiger partial charge is 0.274 e. The molecule has 6 nitrogen and oxygen atoms in total. The number of amides is 1. The van der Waals surface area contributed by atoms with Crippen molar-refractivity contribution in [2.24, 2.45) is 11.7 Å². The molecule has 0 aromatic heterocycles. The van der Waals surface area contributed by atoms with E-state index in [-0.39, 0.29) is 30.1 Å². The molecular formula is C16H23N3O3. The van der Waals surface area contributed by atoms with Crippen LogP contribution < -0.4 is 5.73 Å². The maximum atomic E-state index is 12.6. The van der Waals surface area contributed by atoms with Crippen LogP contribution in [0, 0.1) is 16.0 Å². The molecule has 120 valence electrons. The van der Waals surface area contributed by atoms with Crippen molar-refractivity contribution in [1.82, 2.24) is 4.90 Å². The van der Waals surface area contributed by atoms with Crippen LogP contribution in [0.3, 0.4) is 0 Å². The number of hydrogen-bond donors (Lipinski definition) is 1. The maximum absolute atomic E-state index is 12.6. The Morgan fingerprint density at radius 1 is 1.32 bits per heavy atom. The molecular weight excluding hydrogens is 282 g/mol. The Balaban J connectivity index is 2.09. The first-order valence-corrected chi connectivity index (χ1v) is 7.73. The van der Waals surface area contributed by atoms with Gasteiger partial charge in [0.15, 0.2) is 0 Å². The van der Waals surface area contributed by atoms with Gasteiger partial charge in [0.05, 0.1) is 17.4 Å². The molecule has 22 heavy (non-hydrogen) atoms. The monoisotopic (exact) mass is 305 g/mol. The number of carbonyl (C=O) groups excluding carboxylic acids is 1. The summed E-state index contributed by atoms with van der Waals surface area (Å²) in [5, 5.41) is 11.1. The zero-order valence-corrected chi connectivity index (χ0v) is 12.9. The number of nitro benzene ring substituents is 1. The zero-order chi connectivity index (χ0) is 16.1. The van der Waals surface area contributed by atoms with E-state index in [1.54, 1.807) is 30.1 Å². The summed E-state index contributed by atoms with van der Waals surface area (Å²) in [4.78, 5) is 24.8. The number of para-hydroxylation sites is 1. The molecule has 0 spiro atoms. The number of rotatable bonds is 4. The first-order valence-electron chi connectivity index (χ1n) is 7.73. The lowest BCUT2D eigenvalue weighted by atomic mass is 9.94. The summed E-state index contributed by atoms with van der Waals surface area (Å²) >= 11 is 0. The van der Waals surface area contributed by atoms with Gasteiger partial charge in [0, 0.05) is 24.7 Å². The van der Waals surface area contributed by atoms with E-state index in [1.165, 1.54) is 6.07 Å². The summed E-state index contributed by atoms with van der Waals surface area (Å²) < 4.78 is 0. The molecule has 1 aliphatic carbocycles. The Labute approximate surface area is 130 Å². The molecule has 6 heteroatoms. The number of hydrogen-bond acceptors (Lipinski definition) is 4. The average Bonchev–Trinajstić information content (AvgIpc) is 2.71. The van der Waals surface area contributed by atoms with Crippen molar-refractivity contribution in [3.05, 3.63) is 39.9 Å². The third kappa shape index (κ3) is 3.82. The first kappa shape index (κ1) is 16.4. The van der Waals surface area contributed by atoms with Crippen LogP contribution in [0.2, 0.25) is 0 Å². The molecule has 1 aromatic carbocycles. The van der Waals surface area contributed by atoms with Crippen LogP contribution >= 0.6 is 0 Å². The van der Waals surface area contributed by atoms with Crippen molar-refractivity contribution in [3.8, 4) is 0 Å². The van der Waals surface area contributed by atoms with Gasteiger partial charge in [-0.3, -0.25) is 14.9 Å². The molecule has 1 aliphatic rings. The minimum Gasteiger partial charge on any atom is -0.341 e. The summed E-state index contributed by atoms with van der Waals surface area (Å²) in [6.45, 7) is 0.235. The predicted molar refractivity (Wildman–Crippen MR) is 84.1 cm³/mol. The Hall–Kier alpha value is -1.95. The third-order valence-corrected chi connectivity index (χ3v) is 4.36. The van der Waals surface area contributed by atoms with Crippen molar-refractivity contribution >= 4 is 11.6 Å². The molecule has 0 bridgehead atoms. The zero-order valence-electron chi connectivity index (χ0n) is 12.9. The fourth-order valence-electron chi connectivity index (χ4n) is 3.08. The lowest BCUT2D eigenvalue weighted by Crippen LogP contribution is -2.42. The molecule has 2 N–H and O–H groups in total. The van der Waals surface area contributed by atoms with Crippen molar-refractivity contribution in [1.29, 1.82) is 0 Å². The van der Waals surface area contributed by atoms with Crippen LogP contribution in [-0.2, 0) is 11.3 Å². The van der Waals surface area contributed by atoms with Crippen molar-refractivity contribution in [3.63, 3.8) is 0 Å². The molecule has 0 saturated heterocycles. The highest BCUT2D eigenvalue weighted by Gasteiger charge is 2.29. The number of nitrogens with two attached hydrogens (primary N) is 1. The lowest BCUT2D eigenvalue weighted by molar-refractivity contribution is -0.385. The van der Waals surface area contributed by atoms with Gasteiger partial charge >= 0.3 is 0 Å². The molecule has 0 unspecified atom stereocenters. The highest BCUT2D eigenvalue weighted by Crippen LogP contribution is 2.25. The van der Waals surface area contributed by atoms with Gasteiger partial charge in [-0.05, 0) is 12.8 Å². The first-order chi connectivity index (χ1) is 10.5. The second-order valence-electron chi connectivity index (χ2n) is 5.99. The fraction of sp³-hybridized carbons (Fsp3) is 0.562. The highest BCUT2D eigenvalue weighted by molar-refractivity contribution is 5.79. The number of nitro groups is 1. The van der Waals surface area contributed by atoms with Crippen LogP contribution in [0.15, 0.2) is 24.3 Å². The SMILES string of the molecule is CN(Cc1ccccc1[N+](=O)[O-])C(=O)[C@@H]1CCCCC[C@@H]1N. The normalized spacial score (nSPS) is 21.9. The predicted octanol–water partition coefficient (Wildman–Crippen LogP) is 2.46. The van der Waals surface area contributed by atoms with Crippen LogP contribution in [0.5, 0.6) is 0 Å². The van der Waals surface area contributed by atoms with E-state index in [0.29, 0.717) is 5.56 Å². The van der Waals surface area contributed by atoms with Crippen LogP contribution in [-0.4, -0.2) is 28.8 Å². The van der Waals surface area contributed by atoms with E-state index in [9.17, 15) is 14.9 Å². The third-order valence-electron chi connectivity index (χ3n) is 4.36. The van der Waals surface area contributed by atoms with E-state index in [1.807, 2.05) is 0 Å². The van der Waals surface area contributed by atoms with Crippen LogP contribution in [0.25, 0.3) is 0 Å². The molecule has 1 saturated carbocycles. The maximum Gasteiger partial charge on any atom is 0.274 e. The Kier molecular flexibility index (Phi) is 5.49. The number of carbonyl (C=O) groups is 1. The summed E-state index contributed by atoms with van der Waals surface area (Å²) in [5.74, 6) is -0.178. The highest BCUT2D eigenvalue weighted by atomic mass is 16.6. The standard InChI is InChI=1S/C16H23N3O3/c1-18(11-12-7-5-6-10-15(12)19(21)22)16(20)13-8-3-2-4-9-14(13)17/h5-7,10,13-14H,2-4,8-9,11,17H2,1H3/t13-,14+/m1/s1. The quantitative estimate of drug-likeness (QED) is 0.525. The molecule has 0 heterocycles. The Morgan fingerprint density at radius 2 is 2.00 bits per heavy atom. The van der Waals surface area contributed by atoms with Gasteiger partial charge in [-0.15, -0.1) is 0 Å². The van der Waals surface area contributed by atoms with Crippen LogP contribution in [0.4, 0.5) is 5.69 Å². The topological polar surface area (TPSA) is 89.5 Å². The minimum absolute atomic E-state index is 0.00690. The molecule has 2 rings (SSSR count). The summed E-state index contributed by atoms with van der Waals surface area (Å²) in [5.41, 5.74) is 6.73. The van der Waals surface area contributed by atoms with Gasteiger partial charge < -0.3 is 10.6 Å². The second-order valence-corrected chi connectivity index (χ2v) is 5.99. The van der Waals surface area contributed by atoms with Gasteiger partial charge in [-0.25, -0.2) is 0 Å². The largest absolute Gasteiger partial charge is 0.341 e. The van der Waals surface area contributed by atoms with Gasteiger partial charge in [0.1, 0.15) is 0 Å². The molecule has 1 amide bonds. The summed E-state index contributed by atoms with van der Waals surface area (Å²) in [7, 11) is 1.69. The van der Waals surface area contributed by atoms with E-state index in [2.05, 4.69) is 0 Å². The Bertz CT molecular complexity index is 547. The lowest BCUT2D eigenvalue weighted by Gasteiger charge is -2.26. The second kappa shape index (κ2) is 7.35. The van der Waals surface area contributed by atoms with Crippen molar-refractivity contribution in [2.75, 3.05) is 7.05 Å². The molecule has 0 radical (unpaired) electrons. The van der Waals surface area contributed by atoms with E-state index in [4.69, 9.17) is 5.73 Å². The molecule has 1 fully saturated rings. The van der Waals surface area contributed by atoms with Gasteiger partial charge in [-0.2, -0.15) is 0 Å². The molecule has 1 aromatic rings. The average molecular weight is 305 g/mol. The van der Waals surface area contributed by atoms with Gasteiger partial charge in [0.25, 0.3) is 5.69 Å². The Morgan fingerprint density at radius 3 is 2.73 bits per heavy atom. The summed E-state index contributed by atoms with van der Waals surface area (Å²) in [6.07, 6.45) is 4.88. The summed E-state index contributed by atoms with van der Waals surface area (Å²) in [6, 6.07) is 6.42. The van der Waals surface area contributed by atoms with Crippen molar-refractivity contribution < 1.29 is 9.72 Å². The van der Waals surface area contributed by atoms with Crippen molar-refractivity contribution in [2.45, 2.75) is 44.7 Å².